The summed E-state index contributed by atoms with van der Waals surface area (Å²) in [5.41, 5.74) is 2.63. The van der Waals surface area contributed by atoms with Gasteiger partial charge in [0.1, 0.15) is 5.75 Å². The van der Waals surface area contributed by atoms with Gasteiger partial charge in [0.2, 0.25) is 0 Å². The molecule has 4 atom stereocenters. The van der Waals surface area contributed by atoms with Crippen LogP contribution in [0.4, 0.5) is 0 Å². The third kappa shape index (κ3) is 7.28. The van der Waals surface area contributed by atoms with Gasteiger partial charge in [0.05, 0.1) is 32.5 Å². The highest BCUT2D eigenvalue weighted by atomic mass is 16.5. The van der Waals surface area contributed by atoms with Crippen LogP contribution in [0.1, 0.15) is 57.4 Å². The lowest BCUT2D eigenvalue weighted by atomic mass is 9.84. The molecule has 0 saturated carbocycles. The fourth-order valence-corrected chi connectivity index (χ4v) is 5.83. The Morgan fingerprint density at radius 3 is 2.55 bits per heavy atom. The molecule has 0 heterocycles. The van der Waals surface area contributed by atoms with Gasteiger partial charge < -0.3 is 29.9 Å². The van der Waals surface area contributed by atoms with Crippen LogP contribution in [0.15, 0.2) is 48.5 Å². The number of ether oxygens (including phenoxy) is 2. The van der Waals surface area contributed by atoms with Gasteiger partial charge >= 0.3 is 0 Å². The van der Waals surface area contributed by atoms with Gasteiger partial charge in [-0.1, -0.05) is 50.0 Å². The molecule has 40 heavy (non-hydrogen) atoms. The van der Waals surface area contributed by atoms with E-state index in [-0.39, 0.29) is 36.7 Å². The first kappa shape index (κ1) is 29.7. The number of fused-ring (bicyclic) bond motifs is 1. The van der Waals surface area contributed by atoms with Crippen LogP contribution in [-0.4, -0.2) is 53.0 Å². The van der Waals surface area contributed by atoms with E-state index in [0.29, 0.717) is 30.9 Å². The summed E-state index contributed by atoms with van der Waals surface area (Å²) in [6.07, 6.45) is 5.84. The molecule has 1 aliphatic carbocycles. The highest BCUT2D eigenvalue weighted by Crippen LogP contribution is 2.42. The minimum Gasteiger partial charge on any atom is -0.508 e. The van der Waals surface area contributed by atoms with E-state index in [9.17, 15) is 20.4 Å². The molecule has 0 fully saturated rings. The van der Waals surface area contributed by atoms with Gasteiger partial charge in [0.25, 0.3) is 0 Å². The van der Waals surface area contributed by atoms with Crippen molar-refractivity contribution in [2.45, 2.75) is 70.5 Å². The summed E-state index contributed by atoms with van der Waals surface area (Å²) in [4.78, 5) is 0. The molecule has 4 unspecified atom stereocenters. The molecule has 0 aliphatic heterocycles. The molecule has 0 radical (unpaired) electrons. The number of rotatable bonds is 10. The van der Waals surface area contributed by atoms with Crippen LogP contribution in [0.25, 0.3) is 21.9 Å². The monoisotopic (exact) mass is 546 g/mol. The second kappa shape index (κ2) is 14.4. The fourth-order valence-electron chi connectivity index (χ4n) is 5.83. The molecular formula is C34H42O6. The highest BCUT2D eigenvalue weighted by molar-refractivity contribution is 5.90. The van der Waals surface area contributed by atoms with E-state index >= 15 is 0 Å². The number of aryl methyl sites for hydroxylation is 1. The summed E-state index contributed by atoms with van der Waals surface area (Å²) in [6.45, 7) is 2.37. The Kier molecular flexibility index (Phi) is 10.7. The molecule has 0 spiro atoms. The molecule has 3 aromatic rings. The van der Waals surface area contributed by atoms with Crippen molar-refractivity contribution in [1.82, 2.24) is 0 Å². The third-order valence-electron chi connectivity index (χ3n) is 8.07. The number of hydrogen-bond acceptors (Lipinski definition) is 6. The topological polar surface area (TPSA) is 99.4 Å². The number of aliphatic hydroxyl groups is 2. The quantitative estimate of drug-likeness (QED) is 0.226. The van der Waals surface area contributed by atoms with Gasteiger partial charge in [0.15, 0.2) is 11.5 Å². The minimum absolute atomic E-state index is 0.0507. The summed E-state index contributed by atoms with van der Waals surface area (Å²) in [7, 11) is 1.54. The van der Waals surface area contributed by atoms with E-state index < -0.39 is 6.10 Å². The molecule has 1 aliphatic rings. The Balaban J connectivity index is 1.62. The zero-order valence-electron chi connectivity index (χ0n) is 23.6. The maximum absolute atomic E-state index is 11.5. The first-order chi connectivity index (χ1) is 19.4. The highest BCUT2D eigenvalue weighted by Gasteiger charge is 2.29. The molecule has 0 amide bonds. The first-order valence-corrected chi connectivity index (χ1v) is 14.5. The van der Waals surface area contributed by atoms with Gasteiger partial charge in [-0.25, -0.2) is 0 Å². The number of aromatic hydroxyl groups is 2. The lowest BCUT2D eigenvalue weighted by Crippen LogP contribution is -2.35. The predicted molar refractivity (Wildman–Crippen MR) is 159 cm³/mol. The van der Waals surface area contributed by atoms with E-state index in [1.165, 1.54) is 0 Å². The maximum atomic E-state index is 11.5. The SMILES string of the molecule is CCC1C#CCC(C(O)CCc2ccc(O)c(OC)c2-c2ccc3cc(O)ccc3c2)C(OCCO)CCCC1. The van der Waals surface area contributed by atoms with E-state index in [1.54, 1.807) is 25.3 Å². The predicted octanol–water partition coefficient (Wildman–Crippen LogP) is 6.21. The molecule has 0 bridgehead atoms. The molecule has 4 rings (SSSR count). The minimum atomic E-state index is -0.648. The molecular weight excluding hydrogens is 504 g/mol. The standard InChI is InChI=1S/C34H42O6/c1-3-23-7-4-5-10-32(40-20-19-35)29(9-6-8-23)30(37)17-14-24-15-18-31(38)34(39-2)33(24)27-12-11-26-22-28(36)16-13-25(26)21-27/h11-13,15-16,18,21-23,29-30,32,35-38H,3-5,7,9-10,14,17,19-20H2,1-2H3. The lowest BCUT2D eigenvalue weighted by molar-refractivity contribution is -0.0515. The number of hydrogen-bond donors (Lipinski definition) is 4. The Bertz CT molecular complexity index is 1320. The summed E-state index contributed by atoms with van der Waals surface area (Å²) in [5.74, 6) is 7.66. The summed E-state index contributed by atoms with van der Waals surface area (Å²) in [6, 6.07) is 14.7. The number of phenolic OH excluding ortho intramolecular Hbond substituents is 2. The van der Waals surface area contributed by atoms with Crippen LogP contribution in [0.5, 0.6) is 17.2 Å². The fraction of sp³-hybridized carbons (Fsp3) is 0.471. The van der Waals surface area contributed by atoms with Crippen LogP contribution < -0.4 is 4.74 Å². The average molecular weight is 547 g/mol. The van der Waals surface area contributed by atoms with Crippen molar-refractivity contribution in [2.75, 3.05) is 20.3 Å². The largest absolute Gasteiger partial charge is 0.508 e. The molecule has 214 valence electrons. The van der Waals surface area contributed by atoms with Crippen LogP contribution in [0.3, 0.4) is 0 Å². The van der Waals surface area contributed by atoms with Gasteiger partial charge in [-0.3, -0.25) is 0 Å². The van der Waals surface area contributed by atoms with E-state index in [4.69, 9.17) is 9.47 Å². The van der Waals surface area contributed by atoms with Crippen LogP contribution >= 0.6 is 0 Å². The molecule has 0 saturated heterocycles. The van der Waals surface area contributed by atoms with Crippen molar-refractivity contribution in [3.05, 3.63) is 54.1 Å². The van der Waals surface area contributed by atoms with Crippen molar-refractivity contribution in [3.63, 3.8) is 0 Å². The maximum Gasteiger partial charge on any atom is 0.168 e. The lowest BCUT2D eigenvalue weighted by Gasteiger charge is -2.31. The normalized spacial score (nSPS) is 20.4. The molecule has 6 heteroatoms. The number of benzene rings is 3. The Labute approximate surface area is 237 Å². The van der Waals surface area contributed by atoms with Crippen molar-refractivity contribution < 1.29 is 29.9 Å². The van der Waals surface area contributed by atoms with E-state index in [1.807, 2.05) is 30.3 Å². The van der Waals surface area contributed by atoms with Crippen molar-refractivity contribution in [1.29, 1.82) is 0 Å². The van der Waals surface area contributed by atoms with E-state index in [2.05, 4.69) is 18.8 Å². The second-order valence-electron chi connectivity index (χ2n) is 10.7. The molecule has 6 nitrogen and oxygen atoms in total. The Morgan fingerprint density at radius 1 is 1.00 bits per heavy atom. The smallest absolute Gasteiger partial charge is 0.168 e. The summed E-state index contributed by atoms with van der Waals surface area (Å²) in [5, 5.41) is 43.2. The number of aliphatic hydroxyl groups excluding tert-OH is 2. The first-order valence-electron chi connectivity index (χ1n) is 14.5. The average Bonchev–Trinajstić information content (AvgIpc) is 2.97. The zero-order valence-corrected chi connectivity index (χ0v) is 23.6. The van der Waals surface area contributed by atoms with Crippen molar-refractivity contribution in [3.8, 4) is 40.2 Å². The second-order valence-corrected chi connectivity index (χ2v) is 10.7. The van der Waals surface area contributed by atoms with Crippen LogP contribution in [0.2, 0.25) is 0 Å². The molecule has 0 aromatic heterocycles. The number of phenols is 2. The van der Waals surface area contributed by atoms with Crippen molar-refractivity contribution >= 4 is 10.8 Å². The van der Waals surface area contributed by atoms with Crippen molar-refractivity contribution in [2.24, 2.45) is 11.8 Å². The number of methoxy groups -OCH3 is 1. The summed E-state index contributed by atoms with van der Waals surface area (Å²) >= 11 is 0. The molecule has 3 aromatic carbocycles. The summed E-state index contributed by atoms with van der Waals surface area (Å²) < 4.78 is 11.7. The van der Waals surface area contributed by atoms with Gasteiger partial charge in [0, 0.05) is 23.8 Å². The molecule has 4 N–H and O–H groups in total. The van der Waals surface area contributed by atoms with Gasteiger partial charge in [-0.15, -0.1) is 5.92 Å². The van der Waals surface area contributed by atoms with Crippen LogP contribution in [-0.2, 0) is 11.2 Å². The van der Waals surface area contributed by atoms with E-state index in [0.717, 1.165) is 59.6 Å². The van der Waals surface area contributed by atoms with Gasteiger partial charge in [-0.05, 0) is 78.3 Å². The van der Waals surface area contributed by atoms with Gasteiger partial charge in [-0.2, -0.15) is 0 Å². The Morgan fingerprint density at radius 2 is 1.77 bits per heavy atom. The third-order valence-corrected chi connectivity index (χ3v) is 8.07. The zero-order chi connectivity index (χ0) is 28.5. The van der Waals surface area contributed by atoms with Crippen LogP contribution in [0, 0.1) is 23.7 Å². The Hall–Kier alpha value is -3.24.